The first-order chi connectivity index (χ1) is 9.20. The van der Waals surface area contributed by atoms with Crippen LogP contribution in [0.4, 0.5) is 0 Å². The Bertz CT molecular complexity index is 400. The minimum absolute atomic E-state index is 0.0521. The van der Waals surface area contributed by atoms with E-state index in [0.717, 1.165) is 37.2 Å². The number of nitrogens with two attached hydrogens (primary N) is 1. The summed E-state index contributed by atoms with van der Waals surface area (Å²) >= 11 is 0. The summed E-state index contributed by atoms with van der Waals surface area (Å²) in [6.07, 6.45) is 6.11. The van der Waals surface area contributed by atoms with Gasteiger partial charge in [-0.1, -0.05) is 17.7 Å². The summed E-state index contributed by atoms with van der Waals surface area (Å²) in [5.74, 6) is 0.898. The second kappa shape index (κ2) is 6.92. The third-order valence-electron chi connectivity index (χ3n) is 3.85. The molecule has 2 unspecified atom stereocenters. The lowest BCUT2D eigenvalue weighted by molar-refractivity contribution is 0.101. The number of hydrogen-bond acceptors (Lipinski definition) is 3. The van der Waals surface area contributed by atoms with Gasteiger partial charge in [0.1, 0.15) is 5.75 Å². The van der Waals surface area contributed by atoms with Crippen molar-refractivity contribution in [2.24, 2.45) is 5.73 Å². The van der Waals surface area contributed by atoms with E-state index in [1.807, 2.05) is 6.07 Å². The lowest BCUT2D eigenvalue weighted by atomic mass is 9.98. The molecule has 1 saturated heterocycles. The van der Waals surface area contributed by atoms with Crippen LogP contribution in [0.1, 0.15) is 49.3 Å². The quantitative estimate of drug-likeness (QED) is 0.856. The van der Waals surface area contributed by atoms with Gasteiger partial charge in [-0.25, -0.2) is 0 Å². The van der Waals surface area contributed by atoms with Crippen molar-refractivity contribution in [2.75, 3.05) is 13.7 Å². The van der Waals surface area contributed by atoms with Crippen molar-refractivity contribution >= 4 is 0 Å². The van der Waals surface area contributed by atoms with Crippen molar-refractivity contribution < 1.29 is 9.47 Å². The second-order valence-electron chi connectivity index (χ2n) is 5.42. The molecule has 0 aromatic heterocycles. The molecule has 0 spiro atoms. The van der Waals surface area contributed by atoms with E-state index in [1.54, 1.807) is 7.11 Å². The molecule has 1 heterocycles. The maximum atomic E-state index is 6.30. The van der Waals surface area contributed by atoms with Crippen molar-refractivity contribution in [3.63, 3.8) is 0 Å². The van der Waals surface area contributed by atoms with Crippen LogP contribution in [0, 0.1) is 6.92 Å². The van der Waals surface area contributed by atoms with Gasteiger partial charge in [0.25, 0.3) is 0 Å². The van der Waals surface area contributed by atoms with Crippen LogP contribution in [0.3, 0.4) is 0 Å². The Morgan fingerprint density at radius 2 is 2.32 bits per heavy atom. The molecule has 1 aromatic rings. The summed E-state index contributed by atoms with van der Waals surface area (Å²) in [5, 5.41) is 0. The number of methoxy groups -OCH3 is 1. The molecule has 1 aliphatic heterocycles. The van der Waals surface area contributed by atoms with E-state index >= 15 is 0 Å². The molecule has 0 saturated carbocycles. The van der Waals surface area contributed by atoms with Gasteiger partial charge in [-0.05, 0) is 45.1 Å². The van der Waals surface area contributed by atoms with Crippen LogP contribution in [-0.4, -0.2) is 19.8 Å². The fourth-order valence-corrected chi connectivity index (χ4v) is 2.74. The third kappa shape index (κ3) is 3.95. The zero-order chi connectivity index (χ0) is 13.7. The van der Waals surface area contributed by atoms with Crippen molar-refractivity contribution in [1.29, 1.82) is 0 Å². The molecule has 3 heteroatoms. The Morgan fingerprint density at radius 1 is 1.47 bits per heavy atom. The predicted molar refractivity (Wildman–Crippen MR) is 77.5 cm³/mol. The molecule has 19 heavy (non-hydrogen) atoms. The topological polar surface area (TPSA) is 44.5 Å². The van der Waals surface area contributed by atoms with E-state index in [1.165, 1.54) is 18.4 Å². The molecule has 1 fully saturated rings. The fourth-order valence-electron chi connectivity index (χ4n) is 2.74. The van der Waals surface area contributed by atoms with Gasteiger partial charge in [0.2, 0.25) is 0 Å². The lowest BCUT2D eigenvalue weighted by Gasteiger charge is -2.17. The average molecular weight is 263 g/mol. The lowest BCUT2D eigenvalue weighted by Crippen LogP contribution is -2.13. The maximum Gasteiger partial charge on any atom is 0.123 e. The molecule has 2 N–H and O–H groups in total. The number of hydrogen-bond donors (Lipinski definition) is 1. The van der Waals surface area contributed by atoms with Crippen LogP contribution >= 0.6 is 0 Å². The van der Waals surface area contributed by atoms with Crippen LogP contribution in [0.15, 0.2) is 18.2 Å². The maximum absolute atomic E-state index is 6.30. The van der Waals surface area contributed by atoms with Gasteiger partial charge in [0.05, 0.1) is 13.2 Å². The smallest absolute Gasteiger partial charge is 0.123 e. The minimum atomic E-state index is 0.0521. The largest absolute Gasteiger partial charge is 0.496 e. The highest BCUT2D eigenvalue weighted by atomic mass is 16.5. The first-order valence-corrected chi connectivity index (χ1v) is 7.22. The summed E-state index contributed by atoms with van der Waals surface area (Å²) < 4.78 is 11.0. The molecule has 2 atom stereocenters. The molecule has 3 nitrogen and oxygen atoms in total. The van der Waals surface area contributed by atoms with Gasteiger partial charge in [-0.3, -0.25) is 0 Å². The van der Waals surface area contributed by atoms with E-state index in [2.05, 4.69) is 19.1 Å². The summed E-state index contributed by atoms with van der Waals surface area (Å²) in [5.41, 5.74) is 8.65. The normalized spacial score (nSPS) is 20.5. The standard InChI is InChI=1S/C16H25NO2/c1-12-8-9-16(18-2)14(11-12)15(17)7-3-5-13-6-4-10-19-13/h8-9,11,13,15H,3-7,10,17H2,1-2H3. The van der Waals surface area contributed by atoms with Crippen molar-refractivity contribution in [3.8, 4) is 5.75 Å². The van der Waals surface area contributed by atoms with E-state index < -0.39 is 0 Å². The van der Waals surface area contributed by atoms with Gasteiger partial charge in [-0.2, -0.15) is 0 Å². The molecule has 1 aliphatic rings. The Hall–Kier alpha value is -1.06. The van der Waals surface area contributed by atoms with Gasteiger partial charge in [0.15, 0.2) is 0 Å². The first kappa shape index (κ1) is 14.4. The van der Waals surface area contributed by atoms with Crippen molar-refractivity contribution in [3.05, 3.63) is 29.3 Å². The third-order valence-corrected chi connectivity index (χ3v) is 3.85. The molecular weight excluding hydrogens is 238 g/mol. The van der Waals surface area contributed by atoms with Gasteiger partial charge in [0, 0.05) is 18.2 Å². The van der Waals surface area contributed by atoms with Gasteiger partial charge in [-0.15, -0.1) is 0 Å². The van der Waals surface area contributed by atoms with Crippen LogP contribution in [0.2, 0.25) is 0 Å². The van der Waals surface area contributed by atoms with Gasteiger partial charge >= 0.3 is 0 Å². The van der Waals surface area contributed by atoms with E-state index in [0.29, 0.717) is 6.10 Å². The molecule has 0 bridgehead atoms. The van der Waals surface area contributed by atoms with Crippen molar-refractivity contribution in [1.82, 2.24) is 0 Å². The molecule has 0 aliphatic carbocycles. The number of rotatable bonds is 6. The highest BCUT2D eigenvalue weighted by molar-refractivity contribution is 5.38. The predicted octanol–water partition coefficient (Wildman–Crippen LogP) is 3.35. The van der Waals surface area contributed by atoms with Crippen LogP contribution in [-0.2, 0) is 4.74 Å². The highest BCUT2D eigenvalue weighted by Crippen LogP contribution is 2.28. The van der Waals surface area contributed by atoms with E-state index in [4.69, 9.17) is 15.2 Å². The van der Waals surface area contributed by atoms with Crippen LogP contribution in [0.25, 0.3) is 0 Å². The first-order valence-electron chi connectivity index (χ1n) is 7.22. The summed E-state index contributed by atoms with van der Waals surface area (Å²) in [6, 6.07) is 6.25. The Kier molecular flexibility index (Phi) is 5.23. The highest BCUT2D eigenvalue weighted by Gasteiger charge is 2.17. The number of aryl methyl sites for hydroxylation is 1. The van der Waals surface area contributed by atoms with E-state index in [9.17, 15) is 0 Å². The average Bonchev–Trinajstić information content (AvgIpc) is 2.91. The Balaban J connectivity index is 1.87. The summed E-state index contributed by atoms with van der Waals surface area (Å²) in [7, 11) is 1.70. The zero-order valence-corrected chi connectivity index (χ0v) is 12.0. The molecule has 0 radical (unpaired) electrons. The van der Waals surface area contributed by atoms with Crippen LogP contribution < -0.4 is 10.5 Å². The minimum Gasteiger partial charge on any atom is -0.496 e. The molecule has 2 rings (SSSR count). The van der Waals surface area contributed by atoms with Gasteiger partial charge < -0.3 is 15.2 Å². The number of benzene rings is 1. The molecule has 106 valence electrons. The summed E-state index contributed by atoms with van der Waals surface area (Å²) in [6.45, 7) is 3.02. The van der Waals surface area contributed by atoms with Crippen molar-refractivity contribution in [2.45, 2.75) is 51.2 Å². The van der Waals surface area contributed by atoms with Crippen LogP contribution in [0.5, 0.6) is 5.75 Å². The monoisotopic (exact) mass is 263 g/mol. The number of ether oxygens (including phenoxy) is 2. The zero-order valence-electron chi connectivity index (χ0n) is 12.0. The fraction of sp³-hybridized carbons (Fsp3) is 0.625. The Labute approximate surface area is 116 Å². The second-order valence-corrected chi connectivity index (χ2v) is 5.42. The summed E-state index contributed by atoms with van der Waals surface area (Å²) in [4.78, 5) is 0. The molecule has 0 amide bonds. The molecular formula is C16H25NO2. The Morgan fingerprint density at radius 3 is 3.00 bits per heavy atom. The van der Waals surface area contributed by atoms with E-state index in [-0.39, 0.29) is 6.04 Å². The SMILES string of the molecule is COc1ccc(C)cc1C(N)CCCC1CCCO1. The molecule has 1 aromatic carbocycles.